The van der Waals surface area contributed by atoms with Crippen molar-refractivity contribution in [3.63, 3.8) is 0 Å². The zero-order valence-electron chi connectivity index (χ0n) is 14.5. The first kappa shape index (κ1) is 18.7. The third-order valence-corrected chi connectivity index (χ3v) is 4.34. The quantitative estimate of drug-likeness (QED) is 0.630. The highest BCUT2D eigenvalue weighted by atomic mass is 16.6. The number of carbonyl (C=O) groups is 2. The largest absolute Gasteiger partial charge is 0.495 e. The molecule has 0 saturated carbocycles. The fourth-order valence-electron chi connectivity index (χ4n) is 2.73. The van der Waals surface area contributed by atoms with Crippen molar-refractivity contribution >= 4 is 23.2 Å². The maximum atomic E-state index is 12.5. The van der Waals surface area contributed by atoms with Crippen LogP contribution in [0.15, 0.2) is 18.2 Å². The van der Waals surface area contributed by atoms with E-state index in [2.05, 4.69) is 5.32 Å². The highest BCUT2D eigenvalue weighted by molar-refractivity contribution is 5.96. The van der Waals surface area contributed by atoms with E-state index in [0.717, 1.165) is 0 Å². The second-order valence-electron chi connectivity index (χ2n) is 5.85. The Balaban J connectivity index is 2.05. The molecule has 9 nitrogen and oxygen atoms in total. The van der Waals surface area contributed by atoms with Gasteiger partial charge in [0.05, 0.1) is 23.8 Å². The Kier molecular flexibility index (Phi) is 5.92. The van der Waals surface area contributed by atoms with Crippen LogP contribution in [0, 0.1) is 10.1 Å². The SMILES string of the molecule is COc1ccc([N+](=O)[O-])cc1NC(=O)[C@@H](C)N1CCN(C(C)=O)CC1. The molecule has 1 atom stereocenters. The van der Waals surface area contributed by atoms with Crippen molar-refractivity contribution < 1.29 is 19.2 Å². The maximum Gasteiger partial charge on any atom is 0.271 e. The molecule has 1 saturated heterocycles. The Morgan fingerprint density at radius 3 is 2.44 bits per heavy atom. The number of non-ortho nitro benzene ring substituents is 1. The summed E-state index contributed by atoms with van der Waals surface area (Å²) in [5, 5.41) is 13.6. The van der Waals surface area contributed by atoms with Gasteiger partial charge in [0.15, 0.2) is 0 Å². The molecule has 1 fully saturated rings. The van der Waals surface area contributed by atoms with E-state index < -0.39 is 11.0 Å². The molecular weight excluding hydrogens is 328 g/mol. The lowest BCUT2D eigenvalue weighted by Crippen LogP contribution is -2.53. The molecule has 0 aromatic heterocycles. The number of nitro benzene ring substituents is 1. The second-order valence-corrected chi connectivity index (χ2v) is 5.85. The van der Waals surface area contributed by atoms with Gasteiger partial charge in [-0.2, -0.15) is 0 Å². The van der Waals surface area contributed by atoms with E-state index in [1.807, 2.05) is 4.90 Å². The van der Waals surface area contributed by atoms with Gasteiger partial charge in [0, 0.05) is 45.2 Å². The van der Waals surface area contributed by atoms with Gasteiger partial charge in [0.1, 0.15) is 5.75 Å². The number of rotatable bonds is 5. The van der Waals surface area contributed by atoms with Gasteiger partial charge >= 0.3 is 0 Å². The van der Waals surface area contributed by atoms with Gasteiger partial charge in [0.2, 0.25) is 11.8 Å². The van der Waals surface area contributed by atoms with Gasteiger partial charge in [-0.05, 0) is 13.0 Å². The third kappa shape index (κ3) is 4.44. The number of piperazine rings is 1. The maximum absolute atomic E-state index is 12.5. The smallest absolute Gasteiger partial charge is 0.271 e. The summed E-state index contributed by atoms with van der Waals surface area (Å²) in [6.07, 6.45) is 0. The lowest BCUT2D eigenvalue weighted by atomic mass is 10.2. The van der Waals surface area contributed by atoms with Crippen LogP contribution in [0.1, 0.15) is 13.8 Å². The van der Waals surface area contributed by atoms with Crippen LogP contribution >= 0.6 is 0 Å². The molecule has 0 spiro atoms. The number of nitrogens with one attached hydrogen (secondary N) is 1. The number of anilines is 1. The molecule has 0 unspecified atom stereocenters. The lowest BCUT2D eigenvalue weighted by molar-refractivity contribution is -0.384. The summed E-state index contributed by atoms with van der Waals surface area (Å²) in [4.78, 5) is 38.0. The normalized spacial score (nSPS) is 16.2. The van der Waals surface area contributed by atoms with Gasteiger partial charge in [-0.3, -0.25) is 24.6 Å². The Morgan fingerprint density at radius 2 is 1.92 bits per heavy atom. The first-order chi connectivity index (χ1) is 11.8. The number of methoxy groups -OCH3 is 1. The number of carbonyl (C=O) groups excluding carboxylic acids is 2. The highest BCUT2D eigenvalue weighted by Gasteiger charge is 2.27. The minimum atomic E-state index is -0.528. The van der Waals surface area contributed by atoms with Gasteiger partial charge in [-0.1, -0.05) is 0 Å². The molecule has 1 heterocycles. The van der Waals surface area contributed by atoms with Crippen LogP contribution in [-0.2, 0) is 9.59 Å². The molecule has 0 aliphatic carbocycles. The molecule has 136 valence electrons. The average molecular weight is 350 g/mol. The molecule has 1 aromatic carbocycles. The van der Waals surface area contributed by atoms with E-state index in [1.54, 1.807) is 11.8 Å². The van der Waals surface area contributed by atoms with Crippen LogP contribution in [-0.4, -0.2) is 65.9 Å². The monoisotopic (exact) mass is 350 g/mol. The second kappa shape index (κ2) is 7.93. The van der Waals surface area contributed by atoms with E-state index in [4.69, 9.17) is 4.74 Å². The van der Waals surface area contributed by atoms with Crippen molar-refractivity contribution in [2.45, 2.75) is 19.9 Å². The zero-order chi connectivity index (χ0) is 18.6. The topological polar surface area (TPSA) is 105 Å². The summed E-state index contributed by atoms with van der Waals surface area (Å²) in [6, 6.07) is 3.61. The Bertz CT molecular complexity index is 670. The van der Waals surface area contributed by atoms with Crippen molar-refractivity contribution in [1.82, 2.24) is 9.80 Å². The summed E-state index contributed by atoms with van der Waals surface area (Å²) >= 11 is 0. The van der Waals surface area contributed by atoms with E-state index in [9.17, 15) is 19.7 Å². The molecule has 25 heavy (non-hydrogen) atoms. The minimum absolute atomic E-state index is 0.0260. The molecule has 1 aliphatic heterocycles. The predicted molar refractivity (Wildman–Crippen MR) is 91.6 cm³/mol. The van der Waals surface area contributed by atoms with E-state index >= 15 is 0 Å². The summed E-state index contributed by atoms with van der Waals surface area (Å²) in [6.45, 7) is 5.64. The van der Waals surface area contributed by atoms with Crippen molar-refractivity contribution in [2.75, 3.05) is 38.6 Å². The van der Waals surface area contributed by atoms with E-state index in [0.29, 0.717) is 31.9 Å². The fourth-order valence-corrected chi connectivity index (χ4v) is 2.73. The molecule has 1 aliphatic rings. The number of nitrogens with zero attached hydrogens (tertiary/aromatic N) is 3. The van der Waals surface area contributed by atoms with Crippen LogP contribution < -0.4 is 10.1 Å². The fraction of sp³-hybridized carbons (Fsp3) is 0.500. The van der Waals surface area contributed by atoms with E-state index in [-0.39, 0.29) is 23.2 Å². The van der Waals surface area contributed by atoms with Crippen LogP contribution in [0.5, 0.6) is 5.75 Å². The van der Waals surface area contributed by atoms with Gasteiger partial charge < -0.3 is 15.0 Å². The summed E-state index contributed by atoms with van der Waals surface area (Å²) in [5.74, 6) is 0.0979. The lowest BCUT2D eigenvalue weighted by Gasteiger charge is -2.37. The zero-order valence-corrected chi connectivity index (χ0v) is 14.5. The number of ether oxygens (including phenoxy) is 1. The van der Waals surface area contributed by atoms with Crippen LogP contribution in [0.3, 0.4) is 0 Å². The van der Waals surface area contributed by atoms with E-state index in [1.165, 1.54) is 32.2 Å². The Hall–Kier alpha value is -2.68. The van der Waals surface area contributed by atoms with Crippen LogP contribution in [0.2, 0.25) is 0 Å². The third-order valence-electron chi connectivity index (χ3n) is 4.34. The van der Waals surface area contributed by atoms with Gasteiger partial charge in [-0.15, -0.1) is 0 Å². The standard InChI is InChI=1S/C16H22N4O5/c1-11(18-6-8-19(9-7-18)12(2)21)16(22)17-14-10-13(20(23)24)4-5-15(14)25-3/h4-5,10-11H,6-9H2,1-3H3,(H,17,22)/t11-/m1/s1. The first-order valence-corrected chi connectivity index (χ1v) is 7.96. The van der Waals surface area contributed by atoms with Gasteiger partial charge in [0.25, 0.3) is 5.69 Å². The molecule has 1 aromatic rings. The molecule has 0 radical (unpaired) electrons. The number of hydrogen-bond acceptors (Lipinski definition) is 6. The molecule has 9 heteroatoms. The van der Waals surface area contributed by atoms with Crippen molar-refractivity contribution in [1.29, 1.82) is 0 Å². The first-order valence-electron chi connectivity index (χ1n) is 7.96. The van der Waals surface area contributed by atoms with Crippen molar-refractivity contribution in [3.05, 3.63) is 28.3 Å². The van der Waals surface area contributed by atoms with Crippen molar-refractivity contribution in [3.8, 4) is 5.75 Å². The molecule has 2 rings (SSSR count). The van der Waals surface area contributed by atoms with Crippen LogP contribution in [0.4, 0.5) is 11.4 Å². The van der Waals surface area contributed by atoms with Gasteiger partial charge in [-0.25, -0.2) is 0 Å². The molecule has 2 amide bonds. The number of nitro groups is 1. The van der Waals surface area contributed by atoms with Crippen LogP contribution in [0.25, 0.3) is 0 Å². The Morgan fingerprint density at radius 1 is 1.28 bits per heavy atom. The summed E-state index contributed by atoms with van der Waals surface area (Å²) in [7, 11) is 1.43. The number of amides is 2. The number of benzene rings is 1. The highest BCUT2D eigenvalue weighted by Crippen LogP contribution is 2.29. The number of hydrogen-bond donors (Lipinski definition) is 1. The summed E-state index contributed by atoms with van der Waals surface area (Å²) in [5.41, 5.74) is 0.134. The predicted octanol–water partition coefficient (Wildman–Crippen LogP) is 1.09. The molecule has 1 N–H and O–H groups in total. The average Bonchev–Trinajstić information content (AvgIpc) is 2.60. The Labute approximate surface area is 145 Å². The molecular formula is C16H22N4O5. The summed E-state index contributed by atoms with van der Waals surface area (Å²) < 4.78 is 5.15. The molecule has 0 bridgehead atoms. The minimum Gasteiger partial charge on any atom is -0.495 e. The van der Waals surface area contributed by atoms with Crippen molar-refractivity contribution in [2.24, 2.45) is 0 Å².